The summed E-state index contributed by atoms with van der Waals surface area (Å²) in [6.07, 6.45) is 0. The normalized spacial score (nSPS) is 0. The minimum Gasteiger partial charge on any atom is -1.00 e. The van der Waals surface area contributed by atoms with Crippen molar-refractivity contribution in [2.45, 2.75) is 0 Å². The van der Waals surface area contributed by atoms with E-state index in [1.54, 1.807) is 0 Å². The van der Waals surface area contributed by atoms with Crippen LogP contribution in [0.1, 0.15) is 0 Å². The molecule has 0 saturated carbocycles. The van der Waals surface area contributed by atoms with Crippen molar-refractivity contribution >= 4 is 0 Å². The molecule has 0 unspecified atom stereocenters. The standard InChI is InChI=1S/Co.3FH.Li/h;3*1H;/q+2;;;;+1/p-3. The SMILES string of the molecule is [Co+2].[F-].[F-].[F-].[Li+]. The van der Waals surface area contributed by atoms with Gasteiger partial charge >= 0.3 is 35.6 Å². The van der Waals surface area contributed by atoms with E-state index in [1.165, 1.54) is 0 Å². The monoisotopic (exact) mass is 123 g/mol. The Hall–Kier alpha value is 0.894. The second-order valence-electron chi connectivity index (χ2n) is 0. The van der Waals surface area contributed by atoms with Gasteiger partial charge in [-0.15, -0.1) is 0 Å². The van der Waals surface area contributed by atoms with Gasteiger partial charge in [-0.1, -0.05) is 0 Å². The van der Waals surface area contributed by atoms with Gasteiger partial charge in [-0.2, -0.15) is 0 Å². The zero-order chi connectivity index (χ0) is 0. The van der Waals surface area contributed by atoms with Gasteiger partial charge in [0, 0.05) is 0 Å². The van der Waals surface area contributed by atoms with Crippen LogP contribution in [-0.4, -0.2) is 0 Å². The number of hydrogen-bond acceptors (Lipinski definition) is 0. The third-order valence-electron chi connectivity index (χ3n) is 0. The summed E-state index contributed by atoms with van der Waals surface area (Å²) in [7, 11) is 0. The molecule has 0 aromatic heterocycles. The van der Waals surface area contributed by atoms with E-state index in [4.69, 9.17) is 0 Å². The second-order valence-corrected chi connectivity index (χ2v) is 0. The van der Waals surface area contributed by atoms with Crippen molar-refractivity contribution in [1.82, 2.24) is 0 Å². The van der Waals surface area contributed by atoms with Gasteiger partial charge in [-0.25, -0.2) is 0 Å². The van der Waals surface area contributed by atoms with Crippen molar-refractivity contribution in [1.29, 1.82) is 0 Å². The van der Waals surface area contributed by atoms with Crippen LogP contribution in [-0.2, 0) is 16.8 Å². The van der Waals surface area contributed by atoms with Crippen molar-refractivity contribution in [3.63, 3.8) is 0 Å². The van der Waals surface area contributed by atoms with Crippen LogP contribution in [0.5, 0.6) is 0 Å². The van der Waals surface area contributed by atoms with E-state index in [0.29, 0.717) is 0 Å². The van der Waals surface area contributed by atoms with Crippen LogP contribution >= 0.6 is 0 Å². The van der Waals surface area contributed by atoms with Crippen LogP contribution < -0.4 is 33.0 Å². The first kappa shape index (κ1) is 177. The summed E-state index contributed by atoms with van der Waals surface area (Å²) in [6, 6.07) is 0. The molecule has 0 saturated heterocycles. The molecule has 0 aliphatic heterocycles. The van der Waals surface area contributed by atoms with E-state index >= 15 is 0 Å². The summed E-state index contributed by atoms with van der Waals surface area (Å²) in [5, 5.41) is 0. The fourth-order valence-electron chi connectivity index (χ4n) is 0. The molecule has 0 rings (SSSR count). The summed E-state index contributed by atoms with van der Waals surface area (Å²) < 4.78 is 0. The molecule has 0 aromatic rings. The first-order valence-corrected chi connectivity index (χ1v) is 0. The van der Waals surface area contributed by atoms with E-state index in [9.17, 15) is 0 Å². The van der Waals surface area contributed by atoms with E-state index in [-0.39, 0.29) is 49.8 Å². The number of halogens is 3. The number of rotatable bonds is 0. The summed E-state index contributed by atoms with van der Waals surface area (Å²) >= 11 is 0. The molecule has 0 aliphatic carbocycles. The van der Waals surface area contributed by atoms with E-state index in [1.807, 2.05) is 0 Å². The Balaban J connectivity index is 0. The van der Waals surface area contributed by atoms with Crippen LogP contribution in [0.2, 0.25) is 0 Å². The Labute approximate surface area is 50.2 Å². The first-order valence-electron chi connectivity index (χ1n) is 0. The van der Waals surface area contributed by atoms with Gasteiger partial charge < -0.3 is 14.1 Å². The van der Waals surface area contributed by atoms with Crippen molar-refractivity contribution in [2.24, 2.45) is 0 Å². The van der Waals surface area contributed by atoms with Gasteiger partial charge in [0.1, 0.15) is 0 Å². The quantitative estimate of drug-likeness (QED) is 0.280. The molecule has 0 spiro atoms. The maximum absolute atomic E-state index is 0. The molecule has 0 aliphatic rings. The fourth-order valence-corrected chi connectivity index (χ4v) is 0. The fraction of sp³-hybridized carbons (Fsp3) is 0. The molecule has 0 amide bonds. The molecule has 1 radical (unpaired) electrons. The third-order valence-corrected chi connectivity index (χ3v) is 0. The predicted octanol–water partition coefficient (Wildman–Crippen LogP) is -12.0. The Morgan fingerprint density at radius 1 is 0.600 bits per heavy atom. The van der Waals surface area contributed by atoms with Crippen LogP contribution in [0, 0.1) is 0 Å². The minimum atomic E-state index is 0. The average Bonchev–Trinajstić information content (AvgIpc) is 0. The Morgan fingerprint density at radius 2 is 0.600 bits per heavy atom. The van der Waals surface area contributed by atoms with Crippen LogP contribution in [0.3, 0.4) is 0 Å². The largest absolute Gasteiger partial charge is 2.00 e. The molecule has 0 bridgehead atoms. The average molecular weight is 123 g/mol. The minimum absolute atomic E-state index is 0. The zero-order valence-electron chi connectivity index (χ0n) is 2.47. The summed E-state index contributed by atoms with van der Waals surface area (Å²) in [4.78, 5) is 0. The summed E-state index contributed by atoms with van der Waals surface area (Å²) in [5.74, 6) is 0. The van der Waals surface area contributed by atoms with Crippen LogP contribution in [0.25, 0.3) is 0 Å². The Bertz CT molecular complexity index is 6.85. The zero-order valence-corrected chi connectivity index (χ0v) is 3.51. The van der Waals surface area contributed by atoms with Crippen molar-refractivity contribution in [3.8, 4) is 0 Å². The molecular formula is CoF3Li. The number of hydrogen-bond donors (Lipinski definition) is 0. The van der Waals surface area contributed by atoms with E-state index in [2.05, 4.69) is 0 Å². The van der Waals surface area contributed by atoms with Gasteiger partial charge in [0.05, 0.1) is 0 Å². The van der Waals surface area contributed by atoms with Crippen molar-refractivity contribution in [2.75, 3.05) is 0 Å². The van der Waals surface area contributed by atoms with Gasteiger partial charge in [0.15, 0.2) is 0 Å². The summed E-state index contributed by atoms with van der Waals surface area (Å²) in [5.41, 5.74) is 0. The Kier molecular flexibility index (Phi) is 3280. The van der Waals surface area contributed by atoms with Gasteiger partial charge in [-0.3, -0.25) is 0 Å². The van der Waals surface area contributed by atoms with E-state index in [0.717, 1.165) is 0 Å². The van der Waals surface area contributed by atoms with Crippen LogP contribution in [0.15, 0.2) is 0 Å². The maximum Gasteiger partial charge on any atom is 2.00 e. The molecule has 0 aromatic carbocycles. The first-order chi connectivity index (χ1) is 0. The molecular weight excluding hydrogens is 123 g/mol. The van der Waals surface area contributed by atoms with Gasteiger partial charge in [0.25, 0.3) is 0 Å². The molecule has 31 valence electrons. The predicted molar refractivity (Wildman–Crippen MR) is 0 cm³/mol. The smallest absolute Gasteiger partial charge is 1.00 e. The van der Waals surface area contributed by atoms with Gasteiger partial charge in [-0.05, 0) is 0 Å². The second kappa shape index (κ2) is 92.9. The maximum atomic E-state index is 0. The summed E-state index contributed by atoms with van der Waals surface area (Å²) in [6.45, 7) is 0. The molecule has 0 N–H and O–H groups in total. The topological polar surface area (TPSA) is 0 Å². The molecule has 0 nitrogen and oxygen atoms in total. The van der Waals surface area contributed by atoms with Crippen molar-refractivity contribution in [3.05, 3.63) is 0 Å². The molecule has 0 heterocycles. The molecule has 0 atom stereocenters. The molecule has 5 heteroatoms. The van der Waals surface area contributed by atoms with E-state index < -0.39 is 0 Å². The van der Waals surface area contributed by atoms with Crippen molar-refractivity contribution < 1.29 is 49.8 Å². The molecule has 0 fully saturated rings. The van der Waals surface area contributed by atoms with Gasteiger partial charge in [0.2, 0.25) is 0 Å². The third kappa shape index (κ3) is 51.3. The Morgan fingerprint density at radius 3 is 0.600 bits per heavy atom. The molecule has 5 heavy (non-hydrogen) atoms. The van der Waals surface area contributed by atoms with Crippen LogP contribution in [0.4, 0.5) is 0 Å².